The zero-order valence-corrected chi connectivity index (χ0v) is 18.3. The van der Waals surface area contributed by atoms with Gasteiger partial charge in [-0.05, 0) is 43.3 Å². The van der Waals surface area contributed by atoms with Gasteiger partial charge < -0.3 is 24.2 Å². The van der Waals surface area contributed by atoms with Crippen molar-refractivity contribution in [3.63, 3.8) is 0 Å². The van der Waals surface area contributed by atoms with E-state index >= 15 is 0 Å². The molecule has 0 radical (unpaired) electrons. The molecular formula is C24H32N2O5. The lowest BCUT2D eigenvalue weighted by molar-refractivity contribution is -0.128. The number of likely N-dealkylation sites (N-methyl/N-ethyl adjacent to an activating group) is 1. The molecule has 1 saturated heterocycles. The predicted molar refractivity (Wildman–Crippen MR) is 119 cm³/mol. The van der Waals surface area contributed by atoms with E-state index in [1.165, 1.54) is 0 Å². The Kier molecular flexibility index (Phi) is 8.55. The second kappa shape index (κ2) is 11.6. The molecule has 1 amide bonds. The van der Waals surface area contributed by atoms with Crippen molar-refractivity contribution < 1.29 is 24.1 Å². The van der Waals surface area contributed by atoms with E-state index in [1.807, 2.05) is 54.4 Å². The third-order valence-electron chi connectivity index (χ3n) is 5.18. The lowest BCUT2D eigenvalue weighted by Gasteiger charge is -2.21. The lowest BCUT2D eigenvalue weighted by Crippen LogP contribution is -2.32. The molecule has 0 aliphatic carbocycles. The standard InChI is InChI=1S/C24H32N2O5/c1-25(17-20(27)18-31-23-6-3-5-22(15-23)29-2)16-19-8-10-21(11-9-19)30-14-13-26-12-4-7-24(26)28/h3,5-6,8-11,15,20,27H,4,7,12-14,16-18H2,1-2H3/t20-/m1/s1. The van der Waals surface area contributed by atoms with Crippen molar-refractivity contribution >= 4 is 5.91 Å². The van der Waals surface area contributed by atoms with Crippen LogP contribution in [0.1, 0.15) is 18.4 Å². The largest absolute Gasteiger partial charge is 0.497 e. The maximum atomic E-state index is 11.6. The van der Waals surface area contributed by atoms with Gasteiger partial charge in [-0.2, -0.15) is 0 Å². The molecule has 2 aromatic rings. The summed E-state index contributed by atoms with van der Waals surface area (Å²) in [4.78, 5) is 15.5. The Morgan fingerprint density at radius 3 is 2.58 bits per heavy atom. The molecule has 7 nitrogen and oxygen atoms in total. The van der Waals surface area contributed by atoms with Crippen molar-refractivity contribution in [3.8, 4) is 17.2 Å². The van der Waals surface area contributed by atoms with Gasteiger partial charge in [0.15, 0.2) is 0 Å². The molecule has 0 saturated carbocycles. The number of aliphatic hydroxyl groups excluding tert-OH is 1. The number of aliphatic hydroxyl groups is 1. The van der Waals surface area contributed by atoms with Crippen LogP contribution in [-0.2, 0) is 11.3 Å². The first-order valence-corrected chi connectivity index (χ1v) is 10.7. The van der Waals surface area contributed by atoms with E-state index in [9.17, 15) is 9.90 Å². The molecule has 3 rings (SSSR count). The first-order chi connectivity index (χ1) is 15.0. The van der Waals surface area contributed by atoms with Crippen LogP contribution in [0.4, 0.5) is 0 Å². The quantitative estimate of drug-likeness (QED) is 0.560. The minimum atomic E-state index is -0.605. The second-order valence-corrected chi connectivity index (χ2v) is 7.82. The van der Waals surface area contributed by atoms with Crippen LogP contribution in [0.2, 0.25) is 0 Å². The summed E-state index contributed by atoms with van der Waals surface area (Å²) < 4.78 is 16.6. The van der Waals surface area contributed by atoms with E-state index < -0.39 is 6.10 Å². The van der Waals surface area contributed by atoms with Gasteiger partial charge in [0, 0.05) is 32.1 Å². The van der Waals surface area contributed by atoms with Gasteiger partial charge in [-0.25, -0.2) is 0 Å². The van der Waals surface area contributed by atoms with E-state index in [0.717, 1.165) is 30.0 Å². The lowest BCUT2D eigenvalue weighted by atomic mass is 10.2. The summed E-state index contributed by atoms with van der Waals surface area (Å²) >= 11 is 0. The van der Waals surface area contributed by atoms with E-state index in [-0.39, 0.29) is 12.5 Å². The van der Waals surface area contributed by atoms with Crippen LogP contribution in [0, 0.1) is 0 Å². The third-order valence-corrected chi connectivity index (χ3v) is 5.18. The van der Waals surface area contributed by atoms with Crippen LogP contribution in [0.15, 0.2) is 48.5 Å². The number of carbonyl (C=O) groups is 1. The summed E-state index contributed by atoms with van der Waals surface area (Å²) in [6, 6.07) is 15.3. The molecular weight excluding hydrogens is 396 g/mol. The Hall–Kier alpha value is -2.77. The van der Waals surface area contributed by atoms with Crippen molar-refractivity contribution in [2.75, 3.05) is 47.0 Å². The molecule has 168 valence electrons. The zero-order chi connectivity index (χ0) is 22.1. The van der Waals surface area contributed by atoms with Crippen molar-refractivity contribution in [2.45, 2.75) is 25.5 Å². The second-order valence-electron chi connectivity index (χ2n) is 7.82. The maximum absolute atomic E-state index is 11.6. The third kappa shape index (κ3) is 7.45. The number of amides is 1. The van der Waals surface area contributed by atoms with Crippen LogP contribution in [0.3, 0.4) is 0 Å². The van der Waals surface area contributed by atoms with Crippen LogP contribution in [0.5, 0.6) is 17.2 Å². The molecule has 1 atom stereocenters. The number of likely N-dealkylation sites (tertiary alicyclic amines) is 1. The number of methoxy groups -OCH3 is 1. The minimum absolute atomic E-state index is 0.212. The highest BCUT2D eigenvalue weighted by molar-refractivity contribution is 5.78. The average Bonchev–Trinajstić information content (AvgIpc) is 3.18. The molecule has 1 fully saturated rings. The van der Waals surface area contributed by atoms with Crippen LogP contribution in [0.25, 0.3) is 0 Å². The Balaban J connectivity index is 1.36. The summed E-state index contributed by atoms with van der Waals surface area (Å²) in [5.74, 6) is 2.41. The molecule has 1 aliphatic heterocycles. The van der Waals surface area contributed by atoms with E-state index in [2.05, 4.69) is 4.90 Å². The van der Waals surface area contributed by atoms with Gasteiger partial charge in [0.2, 0.25) is 5.91 Å². The molecule has 1 heterocycles. The van der Waals surface area contributed by atoms with E-state index in [1.54, 1.807) is 13.2 Å². The summed E-state index contributed by atoms with van der Waals surface area (Å²) in [5.41, 5.74) is 1.13. The molecule has 7 heteroatoms. The highest BCUT2D eigenvalue weighted by Crippen LogP contribution is 2.19. The maximum Gasteiger partial charge on any atom is 0.222 e. The van der Waals surface area contributed by atoms with Gasteiger partial charge in [-0.3, -0.25) is 9.69 Å². The van der Waals surface area contributed by atoms with Crippen molar-refractivity contribution in [1.82, 2.24) is 9.80 Å². The number of ether oxygens (including phenoxy) is 3. The van der Waals surface area contributed by atoms with Crippen LogP contribution >= 0.6 is 0 Å². The fraction of sp³-hybridized carbons (Fsp3) is 0.458. The van der Waals surface area contributed by atoms with Crippen LogP contribution in [-0.4, -0.2) is 73.9 Å². The van der Waals surface area contributed by atoms with Crippen LogP contribution < -0.4 is 14.2 Å². The Labute approximate surface area is 184 Å². The Morgan fingerprint density at radius 1 is 1.10 bits per heavy atom. The summed E-state index contributed by atoms with van der Waals surface area (Å²) in [7, 11) is 3.57. The molecule has 1 N–H and O–H groups in total. The molecule has 0 spiro atoms. The Bertz CT molecular complexity index is 827. The summed E-state index contributed by atoms with van der Waals surface area (Å²) in [6.45, 7) is 3.39. The number of benzene rings is 2. The fourth-order valence-electron chi connectivity index (χ4n) is 3.58. The highest BCUT2D eigenvalue weighted by atomic mass is 16.5. The average molecular weight is 429 g/mol. The first kappa shape index (κ1) is 22.9. The van der Waals surface area contributed by atoms with Gasteiger partial charge in [-0.1, -0.05) is 18.2 Å². The fourth-order valence-corrected chi connectivity index (χ4v) is 3.58. The van der Waals surface area contributed by atoms with Gasteiger partial charge in [0.25, 0.3) is 0 Å². The monoisotopic (exact) mass is 428 g/mol. The molecule has 0 bridgehead atoms. The summed E-state index contributed by atoms with van der Waals surface area (Å²) in [5, 5.41) is 10.3. The normalized spacial score (nSPS) is 14.7. The van der Waals surface area contributed by atoms with E-state index in [4.69, 9.17) is 14.2 Å². The van der Waals surface area contributed by atoms with Gasteiger partial charge in [0.05, 0.1) is 13.7 Å². The number of hydrogen-bond acceptors (Lipinski definition) is 6. The molecule has 31 heavy (non-hydrogen) atoms. The van der Waals surface area contributed by atoms with E-state index in [0.29, 0.717) is 38.4 Å². The first-order valence-electron chi connectivity index (χ1n) is 10.7. The number of rotatable bonds is 12. The molecule has 0 unspecified atom stereocenters. The van der Waals surface area contributed by atoms with Crippen molar-refractivity contribution in [3.05, 3.63) is 54.1 Å². The summed E-state index contributed by atoms with van der Waals surface area (Å²) in [6.07, 6.45) is 1.000. The number of nitrogens with zero attached hydrogens (tertiary/aromatic N) is 2. The Morgan fingerprint density at radius 2 is 1.87 bits per heavy atom. The molecule has 1 aliphatic rings. The van der Waals surface area contributed by atoms with Crippen molar-refractivity contribution in [2.24, 2.45) is 0 Å². The smallest absolute Gasteiger partial charge is 0.222 e. The highest BCUT2D eigenvalue weighted by Gasteiger charge is 2.19. The topological polar surface area (TPSA) is 71.5 Å². The van der Waals surface area contributed by atoms with Gasteiger partial charge >= 0.3 is 0 Å². The number of carbonyl (C=O) groups excluding carboxylic acids is 1. The molecule has 2 aromatic carbocycles. The SMILES string of the molecule is COc1cccc(OC[C@H](O)CN(C)Cc2ccc(OCCN3CCCC3=O)cc2)c1. The zero-order valence-electron chi connectivity index (χ0n) is 18.3. The van der Waals surface area contributed by atoms with Gasteiger partial charge in [-0.15, -0.1) is 0 Å². The predicted octanol–water partition coefficient (Wildman–Crippen LogP) is 2.57. The minimum Gasteiger partial charge on any atom is -0.497 e. The van der Waals surface area contributed by atoms with Gasteiger partial charge in [0.1, 0.15) is 36.6 Å². The van der Waals surface area contributed by atoms with Crippen molar-refractivity contribution in [1.29, 1.82) is 0 Å². The molecule has 0 aromatic heterocycles. The number of hydrogen-bond donors (Lipinski definition) is 1.